The molecule has 1 heterocycles. The average molecular weight is 410 g/mol. The van der Waals surface area contributed by atoms with Gasteiger partial charge in [-0.1, -0.05) is 0 Å². The van der Waals surface area contributed by atoms with Crippen molar-refractivity contribution in [2.75, 3.05) is 19.0 Å². The number of nitrogens with one attached hydrogen (secondary N) is 1. The molecule has 0 aliphatic carbocycles. The number of carbonyl (C=O) groups is 4. The first kappa shape index (κ1) is 21.0. The Hall–Kier alpha value is -3.68. The molecule has 1 N–H and O–H groups in total. The molecule has 2 aromatic carbocycles. The normalized spacial score (nSPS) is 13.1. The number of carbonyl (C=O) groups excluding carboxylic acids is 4. The molecule has 2 aromatic rings. The summed E-state index contributed by atoms with van der Waals surface area (Å²) in [5, 5.41) is 2.72. The van der Waals surface area contributed by atoms with E-state index in [-0.39, 0.29) is 23.6 Å². The fourth-order valence-electron chi connectivity index (χ4n) is 3.03. The quantitative estimate of drug-likeness (QED) is 0.601. The molecule has 1 aliphatic heterocycles. The Kier molecular flexibility index (Phi) is 5.60. The van der Waals surface area contributed by atoms with E-state index in [2.05, 4.69) is 10.1 Å². The molecule has 30 heavy (non-hydrogen) atoms. The van der Waals surface area contributed by atoms with Crippen LogP contribution < -0.4 is 10.1 Å². The zero-order valence-electron chi connectivity index (χ0n) is 17.1. The number of amides is 3. The highest BCUT2D eigenvalue weighted by Crippen LogP contribution is 2.30. The van der Waals surface area contributed by atoms with Gasteiger partial charge in [0.1, 0.15) is 5.75 Å². The van der Waals surface area contributed by atoms with Gasteiger partial charge in [-0.2, -0.15) is 0 Å². The fraction of sp³-hybridized carbons (Fsp3) is 0.273. The zero-order chi connectivity index (χ0) is 22.1. The van der Waals surface area contributed by atoms with Crippen molar-refractivity contribution >= 4 is 29.4 Å². The Labute approximate surface area is 173 Å². The Morgan fingerprint density at radius 3 is 2.20 bits per heavy atom. The third-order valence-electron chi connectivity index (χ3n) is 4.52. The summed E-state index contributed by atoms with van der Waals surface area (Å²) >= 11 is 0. The number of nitrogens with zero attached hydrogens (tertiary/aromatic N) is 1. The number of imide groups is 1. The third-order valence-corrected chi connectivity index (χ3v) is 4.52. The number of hydrogen-bond donors (Lipinski definition) is 1. The van der Waals surface area contributed by atoms with E-state index in [0.717, 1.165) is 0 Å². The van der Waals surface area contributed by atoms with E-state index in [9.17, 15) is 19.2 Å². The molecule has 0 saturated heterocycles. The minimum Gasteiger partial charge on any atom is -0.482 e. The Balaban J connectivity index is 1.72. The third kappa shape index (κ3) is 4.17. The summed E-state index contributed by atoms with van der Waals surface area (Å²) in [7, 11) is 1.27. The second-order valence-corrected chi connectivity index (χ2v) is 7.72. The van der Waals surface area contributed by atoms with Crippen LogP contribution in [0.5, 0.6) is 5.75 Å². The number of esters is 1. The number of anilines is 1. The zero-order valence-corrected chi connectivity index (χ0v) is 17.1. The summed E-state index contributed by atoms with van der Waals surface area (Å²) in [6, 6.07) is 10.9. The van der Waals surface area contributed by atoms with Crippen LogP contribution in [-0.4, -0.2) is 47.8 Å². The Bertz CT molecular complexity index is 1020. The minimum atomic E-state index is -0.659. The van der Waals surface area contributed by atoms with E-state index in [1.165, 1.54) is 30.2 Å². The first-order chi connectivity index (χ1) is 14.1. The maximum atomic E-state index is 12.7. The van der Waals surface area contributed by atoms with E-state index in [0.29, 0.717) is 17.0 Å². The number of hydrogen-bond acceptors (Lipinski definition) is 6. The van der Waals surface area contributed by atoms with Gasteiger partial charge in [0.15, 0.2) is 6.61 Å². The van der Waals surface area contributed by atoms with Crippen molar-refractivity contribution in [3.05, 3.63) is 59.2 Å². The van der Waals surface area contributed by atoms with Crippen LogP contribution in [0.15, 0.2) is 42.5 Å². The summed E-state index contributed by atoms with van der Waals surface area (Å²) in [6.07, 6.45) is 0. The van der Waals surface area contributed by atoms with Gasteiger partial charge in [0.25, 0.3) is 17.7 Å². The summed E-state index contributed by atoms with van der Waals surface area (Å²) in [5.74, 6) is -1.25. The number of rotatable bonds is 5. The molecular weight excluding hydrogens is 388 g/mol. The molecule has 8 heteroatoms. The summed E-state index contributed by atoms with van der Waals surface area (Å²) < 4.78 is 9.75. The first-order valence-electron chi connectivity index (χ1n) is 9.26. The lowest BCUT2D eigenvalue weighted by Gasteiger charge is -2.29. The number of methoxy groups -OCH3 is 1. The molecular formula is C22H22N2O6. The van der Waals surface area contributed by atoms with E-state index in [1.807, 2.05) is 0 Å². The molecule has 8 nitrogen and oxygen atoms in total. The van der Waals surface area contributed by atoms with Gasteiger partial charge in [-0.25, -0.2) is 4.79 Å². The lowest BCUT2D eigenvalue weighted by molar-refractivity contribution is -0.142. The maximum absolute atomic E-state index is 12.7. The molecule has 0 radical (unpaired) electrons. The van der Waals surface area contributed by atoms with Gasteiger partial charge < -0.3 is 14.8 Å². The van der Waals surface area contributed by atoms with Gasteiger partial charge in [-0.3, -0.25) is 19.3 Å². The van der Waals surface area contributed by atoms with Crippen LogP contribution in [0, 0.1) is 0 Å². The van der Waals surface area contributed by atoms with Crippen LogP contribution >= 0.6 is 0 Å². The molecule has 156 valence electrons. The molecule has 3 rings (SSSR count). The molecule has 0 bridgehead atoms. The molecule has 0 aromatic heterocycles. The molecule has 0 saturated carbocycles. The standard InChI is InChI=1S/C22H22N2O6/c1-22(2,3)24-20(27)16-10-5-13(11-17(16)21(24)28)19(26)23-14-6-8-15(9-7-14)30-12-18(25)29-4/h5-11H,12H2,1-4H3,(H,23,26). The van der Waals surface area contributed by atoms with Gasteiger partial charge in [-0.05, 0) is 63.2 Å². The molecule has 0 fully saturated rings. The largest absolute Gasteiger partial charge is 0.482 e. The monoisotopic (exact) mass is 410 g/mol. The highest BCUT2D eigenvalue weighted by Gasteiger charge is 2.42. The van der Waals surface area contributed by atoms with Gasteiger partial charge in [0, 0.05) is 16.8 Å². The smallest absolute Gasteiger partial charge is 0.343 e. The van der Waals surface area contributed by atoms with Gasteiger partial charge in [0.05, 0.1) is 18.2 Å². The lowest BCUT2D eigenvalue weighted by atomic mass is 10.1. The van der Waals surface area contributed by atoms with Crippen molar-refractivity contribution in [1.82, 2.24) is 4.90 Å². The predicted octanol–water partition coefficient (Wildman–Crippen LogP) is 2.89. The predicted molar refractivity (Wildman–Crippen MR) is 109 cm³/mol. The van der Waals surface area contributed by atoms with Gasteiger partial charge in [0.2, 0.25) is 0 Å². The summed E-state index contributed by atoms with van der Waals surface area (Å²) in [5.41, 5.74) is 0.613. The van der Waals surface area contributed by atoms with Crippen LogP contribution in [0.4, 0.5) is 5.69 Å². The highest BCUT2D eigenvalue weighted by molar-refractivity contribution is 6.22. The van der Waals surface area contributed by atoms with Crippen LogP contribution in [-0.2, 0) is 9.53 Å². The number of ether oxygens (including phenoxy) is 2. The molecule has 3 amide bonds. The molecule has 0 unspecified atom stereocenters. The van der Waals surface area contributed by atoms with E-state index in [1.54, 1.807) is 45.0 Å². The fourth-order valence-corrected chi connectivity index (χ4v) is 3.03. The van der Waals surface area contributed by atoms with Crippen molar-refractivity contribution in [1.29, 1.82) is 0 Å². The lowest BCUT2D eigenvalue weighted by Crippen LogP contribution is -2.45. The van der Waals surface area contributed by atoms with Crippen LogP contribution in [0.3, 0.4) is 0 Å². The highest BCUT2D eigenvalue weighted by atomic mass is 16.6. The number of fused-ring (bicyclic) bond motifs is 1. The van der Waals surface area contributed by atoms with Crippen molar-refractivity contribution in [3.8, 4) is 5.75 Å². The van der Waals surface area contributed by atoms with Gasteiger partial charge >= 0.3 is 5.97 Å². The summed E-state index contributed by atoms with van der Waals surface area (Å²) in [4.78, 5) is 50.1. The second-order valence-electron chi connectivity index (χ2n) is 7.72. The van der Waals surface area contributed by atoms with Crippen LogP contribution in [0.1, 0.15) is 51.8 Å². The second kappa shape index (κ2) is 7.98. The van der Waals surface area contributed by atoms with E-state index in [4.69, 9.17) is 4.74 Å². The number of benzene rings is 2. The minimum absolute atomic E-state index is 0.213. The maximum Gasteiger partial charge on any atom is 0.343 e. The average Bonchev–Trinajstić information content (AvgIpc) is 2.97. The van der Waals surface area contributed by atoms with Crippen LogP contribution in [0.2, 0.25) is 0 Å². The molecule has 0 spiro atoms. The van der Waals surface area contributed by atoms with Crippen LogP contribution in [0.25, 0.3) is 0 Å². The topological polar surface area (TPSA) is 102 Å². The first-order valence-corrected chi connectivity index (χ1v) is 9.26. The Morgan fingerprint density at radius 2 is 1.60 bits per heavy atom. The Morgan fingerprint density at radius 1 is 0.967 bits per heavy atom. The SMILES string of the molecule is COC(=O)COc1ccc(NC(=O)c2ccc3c(c2)C(=O)N(C(C)(C)C)C3=O)cc1. The van der Waals surface area contributed by atoms with E-state index < -0.39 is 23.3 Å². The van der Waals surface area contributed by atoms with Crippen molar-refractivity contribution in [2.24, 2.45) is 0 Å². The van der Waals surface area contributed by atoms with E-state index >= 15 is 0 Å². The molecule has 0 atom stereocenters. The summed E-state index contributed by atoms with van der Waals surface area (Å²) in [6.45, 7) is 5.12. The van der Waals surface area contributed by atoms with Gasteiger partial charge in [-0.15, -0.1) is 0 Å². The van der Waals surface area contributed by atoms with Crippen molar-refractivity contribution in [3.63, 3.8) is 0 Å². The molecule has 1 aliphatic rings. The van der Waals surface area contributed by atoms with Crippen molar-refractivity contribution < 1.29 is 28.7 Å². The van der Waals surface area contributed by atoms with Crippen molar-refractivity contribution in [2.45, 2.75) is 26.3 Å².